The molecule has 1 rings (SSSR count). The molecule has 0 aliphatic carbocycles. The molecule has 1 heterocycles. The molecule has 0 bridgehead atoms. The lowest BCUT2D eigenvalue weighted by atomic mass is 10.4. The highest BCUT2D eigenvalue weighted by molar-refractivity contribution is 6.29. The fourth-order valence-electron chi connectivity index (χ4n) is 1.23. The van der Waals surface area contributed by atoms with E-state index in [-0.39, 0.29) is 11.7 Å². The summed E-state index contributed by atoms with van der Waals surface area (Å²) in [5.41, 5.74) is -0.961. The zero-order valence-corrected chi connectivity index (χ0v) is 8.99. The van der Waals surface area contributed by atoms with Gasteiger partial charge in [0.15, 0.2) is 0 Å². The number of nitriles is 1. The third-order valence-electron chi connectivity index (χ3n) is 1.90. The minimum Gasteiger partial charge on any atom is -0.270 e. The van der Waals surface area contributed by atoms with Crippen molar-refractivity contribution in [1.82, 2.24) is 9.13 Å². The number of aromatic nitrogens is 2. The number of halogens is 1. The summed E-state index contributed by atoms with van der Waals surface area (Å²) >= 11 is 5.68. The minimum absolute atomic E-state index is 0.00102. The fraction of sp³-hybridized carbons (Fsp3) is 0.444. The van der Waals surface area contributed by atoms with Gasteiger partial charge in [-0.3, -0.25) is 13.9 Å². The van der Waals surface area contributed by atoms with Crippen molar-refractivity contribution >= 4 is 11.6 Å². The molecular formula is C9H10ClN3O2. The highest BCUT2D eigenvalue weighted by atomic mass is 35.5. The lowest BCUT2D eigenvalue weighted by Crippen LogP contribution is -2.39. The van der Waals surface area contributed by atoms with Crippen LogP contribution in [0.3, 0.4) is 0 Å². The van der Waals surface area contributed by atoms with Crippen molar-refractivity contribution in [3.63, 3.8) is 0 Å². The van der Waals surface area contributed by atoms with Gasteiger partial charge in [0.2, 0.25) is 0 Å². The fourth-order valence-corrected chi connectivity index (χ4v) is 1.46. The first kappa shape index (κ1) is 11.5. The third kappa shape index (κ3) is 2.28. The Bertz CT molecular complexity index is 510. The van der Waals surface area contributed by atoms with Crippen LogP contribution in [-0.4, -0.2) is 9.13 Å². The molecule has 0 saturated carbocycles. The van der Waals surface area contributed by atoms with E-state index in [9.17, 15) is 9.59 Å². The van der Waals surface area contributed by atoms with Crippen molar-refractivity contribution in [1.29, 1.82) is 5.26 Å². The van der Waals surface area contributed by atoms with E-state index in [1.807, 2.05) is 13.0 Å². The molecule has 15 heavy (non-hydrogen) atoms. The molecule has 0 fully saturated rings. The summed E-state index contributed by atoms with van der Waals surface area (Å²) in [6, 6.07) is 2.97. The summed E-state index contributed by atoms with van der Waals surface area (Å²) < 4.78 is 2.14. The van der Waals surface area contributed by atoms with Crippen LogP contribution in [0.5, 0.6) is 0 Å². The molecule has 0 spiro atoms. The van der Waals surface area contributed by atoms with Crippen LogP contribution in [0.4, 0.5) is 0 Å². The normalized spacial score (nSPS) is 9.93. The van der Waals surface area contributed by atoms with Gasteiger partial charge in [-0.05, 0) is 6.42 Å². The molecule has 0 atom stereocenters. The predicted octanol–water partition coefficient (Wildman–Crippen LogP) is 0.597. The van der Waals surface area contributed by atoms with Crippen molar-refractivity contribution in [2.45, 2.75) is 26.4 Å². The third-order valence-corrected chi connectivity index (χ3v) is 2.22. The lowest BCUT2D eigenvalue weighted by Gasteiger charge is -2.07. The van der Waals surface area contributed by atoms with Gasteiger partial charge in [0.1, 0.15) is 11.7 Å². The SMILES string of the molecule is CCCn1c(=O)cc(Cl)n(CC#N)c1=O. The number of hydrogen-bond acceptors (Lipinski definition) is 3. The van der Waals surface area contributed by atoms with Crippen molar-refractivity contribution in [2.75, 3.05) is 0 Å². The number of nitrogens with zero attached hydrogens (tertiary/aromatic N) is 3. The van der Waals surface area contributed by atoms with E-state index in [1.165, 1.54) is 0 Å². The molecule has 0 N–H and O–H groups in total. The second kappa shape index (κ2) is 4.80. The van der Waals surface area contributed by atoms with E-state index in [1.54, 1.807) is 0 Å². The van der Waals surface area contributed by atoms with Crippen LogP contribution < -0.4 is 11.2 Å². The molecule has 0 amide bonds. The predicted molar refractivity (Wildman–Crippen MR) is 55.9 cm³/mol. The first-order valence-electron chi connectivity index (χ1n) is 4.49. The summed E-state index contributed by atoms with van der Waals surface area (Å²) in [7, 11) is 0. The van der Waals surface area contributed by atoms with Crippen molar-refractivity contribution in [3.05, 3.63) is 32.1 Å². The molecule has 0 aromatic carbocycles. The average Bonchev–Trinajstić information content (AvgIpc) is 2.19. The van der Waals surface area contributed by atoms with Crippen molar-refractivity contribution < 1.29 is 0 Å². The molecule has 6 heteroatoms. The highest BCUT2D eigenvalue weighted by Crippen LogP contribution is 2.01. The van der Waals surface area contributed by atoms with Gasteiger partial charge in [0.05, 0.1) is 6.07 Å². The first-order valence-corrected chi connectivity index (χ1v) is 4.86. The molecule has 5 nitrogen and oxygen atoms in total. The molecule has 1 aromatic rings. The summed E-state index contributed by atoms with van der Waals surface area (Å²) in [6.45, 7) is 2.04. The Morgan fingerprint density at radius 3 is 2.67 bits per heavy atom. The van der Waals surface area contributed by atoms with E-state index < -0.39 is 11.2 Å². The molecule has 0 saturated heterocycles. The van der Waals surface area contributed by atoms with Gasteiger partial charge < -0.3 is 0 Å². The first-order chi connectivity index (χ1) is 7.11. The lowest BCUT2D eigenvalue weighted by molar-refractivity contribution is 0.571. The van der Waals surface area contributed by atoms with Crippen LogP contribution in [0.15, 0.2) is 15.7 Å². The van der Waals surface area contributed by atoms with Gasteiger partial charge in [-0.2, -0.15) is 5.26 Å². The Kier molecular flexibility index (Phi) is 3.69. The molecule has 0 aliphatic heterocycles. The minimum atomic E-state index is -0.532. The Morgan fingerprint density at radius 1 is 1.47 bits per heavy atom. The van der Waals surface area contributed by atoms with E-state index in [0.29, 0.717) is 13.0 Å². The topological polar surface area (TPSA) is 67.8 Å². The van der Waals surface area contributed by atoms with Crippen LogP contribution in [0, 0.1) is 11.3 Å². The maximum Gasteiger partial charge on any atom is 0.333 e. The average molecular weight is 228 g/mol. The Balaban J connectivity index is 3.44. The van der Waals surface area contributed by atoms with Crippen LogP contribution in [-0.2, 0) is 13.1 Å². The van der Waals surface area contributed by atoms with Gasteiger partial charge in [-0.25, -0.2) is 4.79 Å². The quantitative estimate of drug-likeness (QED) is 0.710. The van der Waals surface area contributed by atoms with Gasteiger partial charge >= 0.3 is 5.69 Å². The number of rotatable bonds is 3. The summed E-state index contributed by atoms with van der Waals surface area (Å²) in [6.07, 6.45) is 0.670. The smallest absolute Gasteiger partial charge is 0.270 e. The van der Waals surface area contributed by atoms with E-state index in [2.05, 4.69) is 0 Å². The summed E-state index contributed by atoms with van der Waals surface area (Å²) in [4.78, 5) is 23.1. The number of hydrogen-bond donors (Lipinski definition) is 0. The van der Waals surface area contributed by atoms with E-state index in [0.717, 1.165) is 15.2 Å². The largest absolute Gasteiger partial charge is 0.333 e. The monoisotopic (exact) mass is 227 g/mol. The van der Waals surface area contributed by atoms with Gasteiger partial charge in [-0.1, -0.05) is 18.5 Å². The van der Waals surface area contributed by atoms with Crippen LogP contribution in [0.2, 0.25) is 5.15 Å². The van der Waals surface area contributed by atoms with Crippen molar-refractivity contribution in [2.24, 2.45) is 0 Å². The highest BCUT2D eigenvalue weighted by Gasteiger charge is 2.08. The Morgan fingerprint density at radius 2 is 2.13 bits per heavy atom. The second-order valence-electron chi connectivity index (χ2n) is 2.98. The molecule has 0 unspecified atom stereocenters. The van der Waals surface area contributed by atoms with Crippen LogP contribution in [0.1, 0.15) is 13.3 Å². The molecule has 1 aromatic heterocycles. The second-order valence-corrected chi connectivity index (χ2v) is 3.37. The molecule has 0 aliphatic rings. The maximum atomic E-state index is 11.7. The van der Waals surface area contributed by atoms with Gasteiger partial charge in [0, 0.05) is 12.6 Å². The van der Waals surface area contributed by atoms with Gasteiger partial charge in [0.25, 0.3) is 5.56 Å². The van der Waals surface area contributed by atoms with E-state index >= 15 is 0 Å². The summed E-state index contributed by atoms with van der Waals surface area (Å²) in [5, 5.41) is 8.50. The zero-order chi connectivity index (χ0) is 11.4. The van der Waals surface area contributed by atoms with E-state index in [4.69, 9.17) is 16.9 Å². The standard InChI is InChI=1S/C9H10ClN3O2/c1-2-4-13-8(14)6-7(10)12(5-3-11)9(13)15/h6H,2,4-5H2,1H3. The molecular weight excluding hydrogens is 218 g/mol. The van der Waals surface area contributed by atoms with Gasteiger partial charge in [-0.15, -0.1) is 0 Å². The Hall–Kier alpha value is -1.54. The molecule has 0 radical (unpaired) electrons. The molecule has 80 valence electrons. The van der Waals surface area contributed by atoms with Crippen LogP contribution >= 0.6 is 11.6 Å². The van der Waals surface area contributed by atoms with Crippen molar-refractivity contribution in [3.8, 4) is 6.07 Å². The van der Waals surface area contributed by atoms with Crippen LogP contribution in [0.25, 0.3) is 0 Å². The summed E-state index contributed by atoms with van der Waals surface area (Å²) in [5.74, 6) is 0. The Labute approximate surface area is 91.1 Å². The maximum absolute atomic E-state index is 11.7. The zero-order valence-electron chi connectivity index (χ0n) is 8.23.